The lowest BCUT2D eigenvalue weighted by Crippen LogP contribution is -2.26. The van der Waals surface area contributed by atoms with Crippen molar-refractivity contribution in [2.45, 2.75) is 17.3 Å². The van der Waals surface area contributed by atoms with Crippen LogP contribution in [0.25, 0.3) is 16.6 Å². The minimum absolute atomic E-state index is 0.00240. The number of fused-ring (bicyclic) bond motifs is 1. The fourth-order valence-electron chi connectivity index (χ4n) is 3.21. The van der Waals surface area contributed by atoms with Gasteiger partial charge in [-0.1, -0.05) is 47.6 Å². The van der Waals surface area contributed by atoms with E-state index in [2.05, 4.69) is 10.3 Å². The van der Waals surface area contributed by atoms with Crippen LogP contribution >= 0.6 is 23.4 Å². The SMILES string of the molecule is C[C@H](Sc1nc2ccccc2c(=O)n1-c1ccccc1F)C(=O)Nc1cc([N+](=O)[O-])ccc1Cl. The molecular formula is C23H16ClFN4O4S. The largest absolute Gasteiger partial charge is 0.324 e. The van der Waals surface area contributed by atoms with Crippen molar-refractivity contribution in [3.63, 3.8) is 0 Å². The summed E-state index contributed by atoms with van der Waals surface area (Å²) in [7, 11) is 0. The lowest BCUT2D eigenvalue weighted by molar-refractivity contribution is -0.384. The summed E-state index contributed by atoms with van der Waals surface area (Å²) in [5, 5.41) is 13.3. The van der Waals surface area contributed by atoms with Crippen LogP contribution in [-0.2, 0) is 4.79 Å². The number of aromatic nitrogens is 2. The highest BCUT2D eigenvalue weighted by molar-refractivity contribution is 8.00. The average molecular weight is 499 g/mol. The van der Waals surface area contributed by atoms with Gasteiger partial charge in [0.1, 0.15) is 5.82 Å². The van der Waals surface area contributed by atoms with Crippen molar-refractivity contribution in [2.75, 3.05) is 5.32 Å². The van der Waals surface area contributed by atoms with Gasteiger partial charge in [0.05, 0.1) is 37.5 Å². The zero-order chi connectivity index (χ0) is 24.4. The number of rotatable bonds is 6. The van der Waals surface area contributed by atoms with Crippen LogP contribution in [0.5, 0.6) is 0 Å². The van der Waals surface area contributed by atoms with E-state index < -0.39 is 27.5 Å². The first-order valence-electron chi connectivity index (χ1n) is 9.94. The van der Waals surface area contributed by atoms with Crippen molar-refractivity contribution in [3.05, 3.63) is 98.0 Å². The molecule has 0 spiro atoms. The molecule has 3 aromatic carbocycles. The molecule has 11 heteroatoms. The number of amides is 1. The number of nitrogens with zero attached hydrogens (tertiary/aromatic N) is 3. The summed E-state index contributed by atoms with van der Waals surface area (Å²) in [4.78, 5) is 41.1. The number of nitro groups is 1. The number of hydrogen-bond acceptors (Lipinski definition) is 6. The average Bonchev–Trinajstić information content (AvgIpc) is 2.81. The number of para-hydroxylation sites is 2. The maximum absolute atomic E-state index is 14.6. The highest BCUT2D eigenvalue weighted by Crippen LogP contribution is 2.30. The summed E-state index contributed by atoms with van der Waals surface area (Å²) in [5.74, 6) is -1.15. The Balaban J connectivity index is 1.72. The lowest BCUT2D eigenvalue weighted by atomic mass is 10.2. The molecule has 0 saturated heterocycles. The van der Waals surface area contributed by atoms with Crippen LogP contribution in [0.1, 0.15) is 6.92 Å². The van der Waals surface area contributed by atoms with Crippen LogP contribution in [0.2, 0.25) is 5.02 Å². The molecule has 4 aromatic rings. The number of halogens is 2. The molecule has 0 fully saturated rings. The monoisotopic (exact) mass is 498 g/mol. The van der Waals surface area contributed by atoms with Gasteiger partial charge in [-0.25, -0.2) is 9.37 Å². The van der Waals surface area contributed by atoms with Gasteiger partial charge in [-0.3, -0.25) is 24.3 Å². The summed E-state index contributed by atoms with van der Waals surface area (Å²) in [6.45, 7) is 1.57. The van der Waals surface area contributed by atoms with E-state index in [0.717, 1.165) is 22.4 Å². The highest BCUT2D eigenvalue weighted by atomic mass is 35.5. The molecule has 0 aliphatic heterocycles. The van der Waals surface area contributed by atoms with E-state index in [1.165, 1.54) is 30.3 Å². The van der Waals surface area contributed by atoms with Gasteiger partial charge in [-0.15, -0.1) is 0 Å². The molecule has 172 valence electrons. The maximum Gasteiger partial charge on any atom is 0.271 e. The highest BCUT2D eigenvalue weighted by Gasteiger charge is 2.22. The Morgan fingerprint density at radius 3 is 2.62 bits per heavy atom. The van der Waals surface area contributed by atoms with Gasteiger partial charge in [0.15, 0.2) is 5.16 Å². The fourth-order valence-corrected chi connectivity index (χ4v) is 4.29. The zero-order valence-corrected chi connectivity index (χ0v) is 19.1. The van der Waals surface area contributed by atoms with Crippen molar-refractivity contribution in [3.8, 4) is 5.69 Å². The molecule has 1 N–H and O–H groups in total. The van der Waals surface area contributed by atoms with Crippen molar-refractivity contribution < 1.29 is 14.1 Å². The minimum Gasteiger partial charge on any atom is -0.324 e. The number of carbonyl (C=O) groups is 1. The second kappa shape index (κ2) is 9.62. The van der Waals surface area contributed by atoms with Gasteiger partial charge in [0.25, 0.3) is 11.2 Å². The smallest absolute Gasteiger partial charge is 0.271 e. The molecule has 1 aromatic heterocycles. The number of carbonyl (C=O) groups excluding carboxylic acids is 1. The number of non-ortho nitro benzene ring substituents is 1. The quantitative estimate of drug-likeness (QED) is 0.169. The predicted molar refractivity (Wildman–Crippen MR) is 129 cm³/mol. The molecule has 1 amide bonds. The van der Waals surface area contributed by atoms with Crippen molar-refractivity contribution in [1.82, 2.24) is 9.55 Å². The Kier molecular flexibility index (Phi) is 6.62. The van der Waals surface area contributed by atoms with Crippen molar-refractivity contribution in [2.24, 2.45) is 0 Å². The Morgan fingerprint density at radius 2 is 1.88 bits per heavy atom. The lowest BCUT2D eigenvalue weighted by Gasteiger charge is -2.17. The first-order chi connectivity index (χ1) is 16.3. The second-order valence-corrected chi connectivity index (χ2v) is 8.89. The maximum atomic E-state index is 14.6. The fraction of sp³-hybridized carbons (Fsp3) is 0.0870. The van der Waals surface area contributed by atoms with Crippen LogP contribution in [-0.4, -0.2) is 25.6 Å². The molecule has 4 rings (SSSR count). The summed E-state index contributed by atoms with van der Waals surface area (Å²) in [6.07, 6.45) is 0. The third-order valence-corrected chi connectivity index (χ3v) is 6.29. The molecule has 1 atom stereocenters. The molecule has 0 saturated carbocycles. The van der Waals surface area contributed by atoms with E-state index >= 15 is 0 Å². The normalized spacial score (nSPS) is 11.9. The molecule has 1 heterocycles. The molecule has 0 radical (unpaired) electrons. The molecule has 0 unspecified atom stereocenters. The Bertz CT molecular complexity index is 1490. The van der Waals surface area contributed by atoms with E-state index in [1.54, 1.807) is 37.3 Å². The predicted octanol–water partition coefficient (Wildman–Crippen LogP) is 5.21. The van der Waals surface area contributed by atoms with Gasteiger partial charge in [-0.2, -0.15) is 0 Å². The molecular weight excluding hydrogens is 483 g/mol. The second-order valence-electron chi connectivity index (χ2n) is 7.17. The van der Waals surface area contributed by atoms with Gasteiger partial charge in [0, 0.05) is 12.1 Å². The minimum atomic E-state index is -0.818. The molecule has 0 bridgehead atoms. The van der Waals surface area contributed by atoms with Gasteiger partial charge >= 0.3 is 0 Å². The van der Waals surface area contributed by atoms with E-state index in [1.807, 2.05) is 0 Å². The van der Waals surface area contributed by atoms with E-state index in [-0.39, 0.29) is 27.2 Å². The van der Waals surface area contributed by atoms with Gasteiger partial charge < -0.3 is 5.32 Å². The van der Waals surface area contributed by atoms with Gasteiger partial charge in [0.2, 0.25) is 5.91 Å². The summed E-state index contributed by atoms with van der Waals surface area (Å²) in [5.41, 5.74) is -0.233. The van der Waals surface area contributed by atoms with Crippen LogP contribution in [0.15, 0.2) is 76.7 Å². The van der Waals surface area contributed by atoms with Gasteiger partial charge in [-0.05, 0) is 37.3 Å². The molecule has 0 aliphatic carbocycles. The number of nitrogens with one attached hydrogen (secondary N) is 1. The molecule has 0 aliphatic rings. The zero-order valence-electron chi connectivity index (χ0n) is 17.6. The Labute approximate surface area is 201 Å². The summed E-state index contributed by atoms with van der Waals surface area (Å²) >= 11 is 7.02. The standard InChI is InChI=1S/C23H16ClFN4O4S/c1-13(21(30)26-19-12-14(29(32)33)10-11-16(19)24)34-23-27-18-8-4-2-6-15(18)22(31)28(23)20-9-5-3-7-17(20)25/h2-13H,1H3,(H,26,30)/t13-/m0/s1. The van der Waals surface area contributed by atoms with E-state index in [0.29, 0.717) is 10.9 Å². The van der Waals surface area contributed by atoms with Crippen molar-refractivity contribution in [1.29, 1.82) is 0 Å². The first kappa shape index (κ1) is 23.4. The first-order valence-corrected chi connectivity index (χ1v) is 11.2. The van der Waals surface area contributed by atoms with Crippen LogP contribution in [0.3, 0.4) is 0 Å². The molecule has 8 nitrogen and oxygen atoms in total. The topological polar surface area (TPSA) is 107 Å². The van der Waals surface area contributed by atoms with E-state index in [9.17, 15) is 24.1 Å². The Morgan fingerprint density at radius 1 is 1.18 bits per heavy atom. The number of thioether (sulfide) groups is 1. The van der Waals surface area contributed by atoms with Crippen LogP contribution < -0.4 is 10.9 Å². The Hall–Kier alpha value is -3.76. The van der Waals surface area contributed by atoms with E-state index in [4.69, 9.17) is 11.6 Å². The van der Waals surface area contributed by atoms with Crippen LogP contribution in [0, 0.1) is 15.9 Å². The van der Waals surface area contributed by atoms with Crippen molar-refractivity contribution >= 4 is 51.5 Å². The summed E-state index contributed by atoms with van der Waals surface area (Å²) in [6, 6.07) is 16.1. The number of benzene rings is 3. The van der Waals surface area contributed by atoms with Crippen LogP contribution in [0.4, 0.5) is 15.8 Å². The number of anilines is 1. The third-order valence-electron chi connectivity index (χ3n) is 4.91. The third kappa shape index (κ3) is 4.63. The molecule has 34 heavy (non-hydrogen) atoms. The number of hydrogen-bond donors (Lipinski definition) is 1. The number of nitro benzene ring substituents is 1. The summed E-state index contributed by atoms with van der Waals surface area (Å²) < 4.78 is 15.8.